The van der Waals surface area contributed by atoms with E-state index in [1.807, 2.05) is 0 Å². The average molecular weight is 227 g/mol. The van der Waals surface area contributed by atoms with Gasteiger partial charge in [0.1, 0.15) is 6.07 Å². The maximum absolute atomic E-state index is 12.5. The molecule has 0 aromatic carbocycles. The van der Waals surface area contributed by atoms with E-state index in [-0.39, 0.29) is 12.2 Å². The molecule has 0 radical (unpaired) electrons. The molecule has 0 unspecified atom stereocenters. The van der Waals surface area contributed by atoms with Crippen molar-refractivity contribution in [2.45, 2.75) is 13.0 Å². The highest BCUT2D eigenvalue weighted by Crippen LogP contribution is 2.25. The van der Waals surface area contributed by atoms with Crippen LogP contribution in [0.3, 0.4) is 0 Å². The monoisotopic (exact) mass is 227 g/mol. The van der Waals surface area contributed by atoms with Crippen molar-refractivity contribution >= 4 is 5.97 Å². The third-order valence-corrected chi connectivity index (χ3v) is 1.94. The van der Waals surface area contributed by atoms with Crippen LogP contribution >= 0.6 is 0 Å². The van der Waals surface area contributed by atoms with Crippen LogP contribution in [0.25, 0.3) is 0 Å². The fourth-order valence-corrected chi connectivity index (χ4v) is 1.24. The predicted molar refractivity (Wildman–Crippen MR) is 48.8 cm³/mol. The first-order valence-corrected chi connectivity index (χ1v) is 4.16. The summed E-state index contributed by atoms with van der Waals surface area (Å²) in [7, 11) is 0. The third-order valence-electron chi connectivity index (χ3n) is 1.94. The number of nitrogens with zero attached hydrogens (tertiary/aromatic N) is 2. The number of nitrogens with two attached hydrogens (primary N) is 1. The lowest BCUT2D eigenvalue weighted by Gasteiger charge is -2.08. The second kappa shape index (κ2) is 4.63. The van der Waals surface area contributed by atoms with Gasteiger partial charge in [0.2, 0.25) is 0 Å². The molecule has 0 aliphatic rings. The summed E-state index contributed by atoms with van der Waals surface area (Å²) < 4.78 is 25.0. The van der Waals surface area contributed by atoms with Crippen LogP contribution in [0.4, 0.5) is 8.78 Å². The van der Waals surface area contributed by atoms with Crippen molar-refractivity contribution in [1.29, 1.82) is 5.26 Å². The van der Waals surface area contributed by atoms with E-state index < -0.39 is 29.1 Å². The van der Waals surface area contributed by atoms with E-state index in [4.69, 9.17) is 16.1 Å². The molecule has 84 valence electrons. The molecular weight excluding hydrogens is 220 g/mol. The van der Waals surface area contributed by atoms with Crippen molar-refractivity contribution in [1.82, 2.24) is 4.98 Å². The standard InChI is InChI=1S/C9H7F2N3O2/c10-8(11)5-3-14-6(2-13)4(1-12)7(5)9(15)16/h3,8H,2,13H2,(H,15,16). The highest BCUT2D eigenvalue weighted by atomic mass is 19.3. The Labute approximate surface area is 89.1 Å². The van der Waals surface area contributed by atoms with Gasteiger partial charge in [0.25, 0.3) is 6.43 Å². The number of pyridine rings is 1. The minimum Gasteiger partial charge on any atom is -0.478 e. The summed E-state index contributed by atoms with van der Waals surface area (Å²) in [6, 6.07) is 1.54. The molecule has 3 N–H and O–H groups in total. The molecule has 1 rings (SSSR count). The van der Waals surface area contributed by atoms with Gasteiger partial charge in [0.05, 0.1) is 22.4 Å². The van der Waals surface area contributed by atoms with E-state index in [0.29, 0.717) is 0 Å². The Morgan fingerprint density at radius 2 is 2.31 bits per heavy atom. The van der Waals surface area contributed by atoms with Crippen LogP contribution in [0.1, 0.15) is 33.6 Å². The fraction of sp³-hybridized carbons (Fsp3) is 0.222. The average Bonchev–Trinajstić information content (AvgIpc) is 2.26. The van der Waals surface area contributed by atoms with Gasteiger partial charge in [-0.15, -0.1) is 0 Å². The minimum atomic E-state index is -3.00. The van der Waals surface area contributed by atoms with E-state index in [1.165, 1.54) is 6.07 Å². The van der Waals surface area contributed by atoms with Crippen LogP contribution in [0.15, 0.2) is 6.20 Å². The zero-order valence-corrected chi connectivity index (χ0v) is 7.94. The SMILES string of the molecule is N#Cc1c(CN)ncc(C(F)F)c1C(=O)O. The quantitative estimate of drug-likeness (QED) is 0.803. The Morgan fingerprint density at radius 1 is 1.69 bits per heavy atom. The van der Waals surface area contributed by atoms with Crippen molar-refractivity contribution < 1.29 is 18.7 Å². The molecule has 1 aromatic heterocycles. The fourth-order valence-electron chi connectivity index (χ4n) is 1.24. The van der Waals surface area contributed by atoms with Crippen LogP contribution in [-0.4, -0.2) is 16.1 Å². The van der Waals surface area contributed by atoms with Gasteiger partial charge < -0.3 is 10.8 Å². The first-order chi connectivity index (χ1) is 7.52. The van der Waals surface area contributed by atoms with Gasteiger partial charge in [0.15, 0.2) is 0 Å². The maximum atomic E-state index is 12.5. The zero-order valence-electron chi connectivity index (χ0n) is 7.94. The van der Waals surface area contributed by atoms with Gasteiger partial charge >= 0.3 is 5.97 Å². The molecule has 0 spiro atoms. The predicted octanol–water partition coefficient (Wildman–Crippen LogP) is 1.05. The van der Waals surface area contributed by atoms with E-state index in [9.17, 15) is 13.6 Å². The van der Waals surface area contributed by atoms with E-state index in [1.54, 1.807) is 0 Å². The number of nitriles is 1. The number of carboxylic acid groups (broad SMARTS) is 1. The van der Waals surface area contributed by atoms with Crippen molar-refractivity contribution in [3.8, 4) is 6.07 Å². The second-order valence-electron chi connectivity index (χ2n) is 2.83. The van der Waals surface area contributed by atoms with Crippen molar-refractivity contribution in [2.75, 3.05) is 0 Å². The Kier molecular flexibility index (Phi) is 3.48. The van der Waals surface area contributed by atoms with E-state index in [2.05, 4.69) is 4.98 Å². The first-order valence-electron chi connectivity index (χ1n) is 4.16. The Hall–Kier alpha value is -2.07. The molecule has 0 aliphatic heterocycles. The van der Waals surface area contributed by atoms with Crippen LogP contribution in [0.2, 0.25) is 0 Å². The minimum absolute atomic E-state index is 0.00991. The number of carboxylic acids is 1. The molecule has 0 fully saturated rings. The normalized spacial score (nSPS) is 10.2. The smallest absolute Gasteiger partial charge is 0.337 e. The lowest BCUT2D eigenvalue weighted by molar-refractivity contribution is 0.0683. The molecule has 1 heterocycles. The summed E-state index contributed by atoms with van der Waals surface area (Å²) in [5, 5.41) is 17.5. The number of aromatic nitrogens is 1. The molecule has 5 nitrogen and oxygen atoms in total. The van der Waals surface area contributed by atoms with Gasteiger partial charge in [-0.2, -0.15) is 5.26 Å². The highest BCUT2D eigenvalue weighted by Gasteiger charge is 2.24. The summed E-state index contributed by atoms with van der Waals surface area (Å²) in [6.45, 7) is -0.188. The molecule has 1 aromatic rings. The number of halogens is 2. The van der Waals surface area contributed by atoms with Crippen molar-refractivity contribution in [2.24, 2.45) is 5.73 Å². The molecule has 0 bridgehead atoms. The molecule has 0 amide bonds. The largest absolute Gasteiger partial charge is 0.478 e. The summed E-state index contributed by atoms with van der Waals surface area (Å²) in [5.41, 5.74) is 3.30. The van der Waals surface area contributed by atoms with Gasteiger partial charge in [-0.3, -0.25) is 4.98 Å². The Bertz CT molecular complexity index is 469. The number of hydrogen-bond acceptors (Lipinski definition) is 4. The number of alkyl halides is 2. The second-order valence-corrected chi connectivity index (χ2v) is 2.83. The molecule has 0 saturated carbocycles. The summed E-state index contributed by atoms with van der Waals surface area (Å²) >= 11 is 0. The van der Waals surface area contributed by atoms with Gasteiger partial charge in [-0.25, -0.2) is 13.6 Å². The molecule has 7 heteroatoms. The van der Waals surface area contributed by atoms with Crippen LogP contribution in [0.5, 0.6) is 0 Å². The van der Waals surface area contributed by atoms with Crippen molar-refractivity contribution in [3.05, 3.63) is 28.6 Å². The lowest BCUT2D eigenvalue weighted by Crippen LogP contribution is -2.12. The highest BCUT2D eigenvalue weighted by molar-refractivity contribution is 5.92. The summed E-state index contributed by atoms with van der Waals surface area (Å²) in [4.78, 5) is 14.4. The summed E-state index contributed by atoms with van der Waals surface area (Å²) in [6.07, 6.45) is -2.27. The van der Waals surface area contributed by atoms with Crippen molar-refractivity contribution in [3.63, 3.8) is 0 Å². The Balaban J connectivity index is 3.59. The van der Waals surface area contributed by atoms with Gasteiger partial charge in [0, 0.05) is 12.7 Å². The number of carbonyl (C=O) groups is 1. The molecule has 0 aliphatic carbocycles. The topological polar surface area (TPSA) is 100 Å². The van der Waals surface area contributed by atoms with Gasteiger partial charge in [-0.1, -0.05) is 0 Å². The van der Waals surface area contributed by atoms with Crippen LogP contribution < -0.4 is 5.73 Å². The molecule has 0 atom stereocenters. The van der Waals surface area contributed by atoms with E-state index in [0.717, 1.165) is 6.20 Å². The lowest BCUT2D eigenvalue weighted by atomic mass is 10.0. The number of rotatable bonds is 3. The van der Waals surface area contributed by atoms with Crippen LogP contribution in [0, 0.1) is 11.3 Å². The molecule has 16 heavy (non-hydrogen) atoms. The molecular formula is C9H7F2N3O2. The third kappa shape index (κ3) is 1.97. The first kappa shape index (κ1) is 12.0. The van der Waals surface area contributed by atoms with E-state index >= 15 is 0 Å². The van der Waals surface area contributed by atoms with Crippen LogP contribution in [-0.2, 0) is 6.54 Å². The van der Waals surface area contributed by atoms with Gasteiger partial charge in [-0.05, 0) is 0 Å². The number of hydrogen-bond donors (Lipinski definition) is 2. The maximum Gasteiger partial charge on any atom is 0.337 e. The number of aromatic carboxylic acids is 1. The Morgan fingerprint density at radius 3 is 2.69 bits per heavy atom. The molecule has 0 saturated heterocycles. The zero-order chi connectivity index (χ0) is 12.3. The summed E-state index contributed by atoms with van der Waals surface area (Å²) in [5.74, 6) is -1.59.